The van der Waals surface area contributed by atoms with Crippen LogP contribution in [0.1, 0.15) is 171 Å². The normalized spacial score (nSPS) is 24.3. The number of fused-ring (bicyclic) bond motifs is 2. The van der Waals surface area contributed by atoms with E-state index in [0.717, 1.165) is 95.7 Å². The Labute approximate surface area is 609 Å². The van der Waals surface area contributed by atoms with Gasteiger partial charge in [-0.25, -0.2) is 4.79 Å². The average molecular weight is 1480 g/mol. The summed E-state index contributed by atoms with van der Waals surface area (Å²) < 4.78 is 39.6. The van der Waals surface area contributed by atoms with Crippen LogP contribution in [0.2, 0.25) is 103 Å². The molecule has 3 aliphatic carbocycles. The summed E-state index contributed by atoms with van der Waals surface area (Å²) in [6.45, 7) is 53.6. The molecule has 4 atom stereocenters. The first-order valence-corrected chi connectivity index (χ1v) is 56.0. The molecule has 3 aliphatic heterocycles. The number of nitrogens with zero attached hydrogens (tertiary/aromatic N) is 4. The molecule has 3 heterocycles. The van der Waals surface area contributed by atoms with Gasteiger partial charge in [0, 0.05) is 45.7 Å². The minimum atomic E-state index is -2.55. The fourth-order valence-electron chi connectivity index (χ4n) is 18.3. The fourth-order valence-corrected chi connectivity index (χ4v) is 46.1. The predicted molar refractivity (Wildman–Crippen MR) is 423 cm³/mol. The first kappa shape index (κ1) is 81.1. The second-order valence-electron chi connectivity index (χ2n) is 36.3. The Morgan fingerprint density at radius 2 is 0.840 bits per heavy atom. The standard InChI is InChI=1S/C79H128N4O11Si6/c1-25-27-47-95(13,14)91-99(21,22)93-97(17,18)55-69(84)89-45-43-80-65-35-31-29-33-63(65)78(9,10)67(80)41-39-59-37-38-60(71(59)72-73(86)82(61-49-57(3)51-76(5,6)53-61)75(88)83(74(72)87)62-50-58(4)52-77(7,8)54-62)40-42-68-79(11,12)64-34-30-32-36-66(64)81(68)44-46-90-70(85)56-98(19,20)94-100(23,24)92-96(15,16)48-28-26-2/h29-36,39-42,57-58,61-62H,25-28,37-38,43-56H2,1-24H3/b59-39+,60-40+,67-41+,68-42+. The topological polar surface area (TPSA) is 154 Å². The summed E-state index contributed by atoms with van der Waals surface area (Å²) >= 11 is 0. The third-order valence-electron chi connectivity index (χ3n) is 21.4. The van der Waals surface area contributed by atoms with Crippen LogP contribution in [0.4, 0.5) is 16.2 Å². The summed E-state index contributed by atoms with van der Waals surface area (Å²) in [6.07, 6.45) is 18.6. The van der Waals surface area contributed by atoms with E-state index in [1.165, 1.54) is 9.80 Å². The number of ether oxygens (including phenoxy) is 2. The van der Waals surface area contributed by atoms with Gasteiger partial charge >= 0.3 is 35.1 Å². The number of para-hydroxylation sites is 2. The zero-order chi connectivity index (χ0) is 74.1. The van der Waals surface area contributed by atoms with Crippen molar-refractivity contribution in [3.05, 3.63) is 118 Å². The lowest BCUT2D eigenvalue weighted by Gasteiger charge is -2.49. The SMILES string of the molecule is CCCC[Si](C)(C)O[Si](C)(C)O[Si](C)(C)CC(=O)OCCN1/C(=C/C=C2\CC/C(=C\C=C3\N(CCOC(=O)C[Si](C)(C)O[Si](C)(C)O[Si](C)(C)CCCC)c4ccccc4C3(C)C)C2=C2C(=O)N(C3CC(C)CC(C)(C)C3)C(=O)N(C3CC(C)CC(C)(C)C3)C2=O)C(C)(C)c2ccccc21. The van der Waals surface area contributed by atoms with Gasteiger partial charge in [-0.1, -0.05) is 157 Å². The fraction of sp³-hybridized carbons (Fsp3) is 0.658. The van der Waals surface area contributed by atoms with Crippen LogP contribution in [-0.4, -0.2) is 128 Å². The van der Waals surface area contributed by atoms with Crippen molar-refractivity contribution in [2.75, 3.05) is 36.1 Å². The monoisotopic (exact) mass is 1480 g/mol. The second-order valence-corrected chi connectivity index (χ2v) is 61.0. The molecule has 1 saturated heterocycles. The highest BCUT2D eigenvalue weighted by atomic mass is 28.5. The van der Waals surface area contributed by atoms with Gasteiger partial charge in [0.1, 0.15) is 18.8 Å². The van der Waals surface area contributed by atoms with E-state index in [4.69, 9.17) is 25.9 Å². The summed E-state index contributed by atoms with van der Waals surface area (Å²) in [5.41, 5.74) is 7.30. The van der Waals surface area contributed by atoms with Crippen molar-refractivity contribution >= 4 is 91.6 Å². The number of carbonyl (C=O) groups excluding carboxylic acids is 5. The van der Waals surface area contributed by atoms with Crippen LogP contribution in [-0.2, 0) is 55.9 Å². The molecule has 2 aromatic rings. The third kappa shape index (κ3) is 19.9. The van der Waals surface area contributed by atoms with Gasteiger partial charge in [-0.3, -0.25) is 29.0 Å². The molecule has 0 radical (unpaired) electrons. The highest BCUT2D eigenvalue weighted by molar-refractivity contribution is 6.89. The number of benzene rings is 2. The largest absolute Gasteiger partial charge is 0.464 e. The molecule has 100 heavy (non-hydrogen) atoms. The molecule has 4 fully saturated rings. The number of urea groups is 1. The van der Waals surface area contributed by atoms with Crippen molar-refractivity contribution in [1.29, 1.82) is 0 Å². The molecule has 4 amide bonds. The van der Waals surface area contributed by atoms with E-state index in [2.05, 4.69) is 232 Å². The molecule has 8 rings (SSSR count). The number of unbranched alkanes of at least 4 members (excludes halogenated alkanes) is 2. The summed E-state index contributed by atoms with van der Waals surface area (Å²) in [5.74, 6) is -1.10. The maximum absolute atomic E-state index is 16.2. The Morgan fingerprint density at radius 1 is 0.490 bits per heavy atom. The van der Waals surface area contributed by atoms with E-state index in [1.54, 1.807) is 0 Å². The van der Waals surface area contributed by atoms with E-state index in [0.29, 0.717) is 57.2 Å². The van der Waals surface area contributed by atoms with Crippen LogP contribution < -0.4 is 9.80 Å². The Hall–Kier alpha value is -4.57. The Kier molecular flexibility index (Phi) is 25.3. The number of esters is 2. The van der Waals surface area contributed by atoms with Gasteiger partial charge in [0.15, 0.2) is 33.3 Å². The number of allylic oxidation sites excluding steroid dienone is 9. The van der Waals surface area contributed by atoms with Gasteiger partial charge in [-0.2, -0.15) is 0 Å². The summed E-state index contributed by atoms with van der Waals surface area (Å²) in [5, 5.41) is 0. The third-order valence-corrected chi connectivity index (χ3v) is 43.5. The van der Waals surface area contributed by atoms with Crippen molar-refractivity contribution < 1.29 is 49.9 Å². The smallest absolute Gasteiger partial charge is 0.334 e. The highest BCUT2D eigenvalue weighted by Crippen LogP contribution is 2.52. The molecule has 0 bridgehead atoms. The van der Waals surface area contributed by atoms with Crippen molar-refractivity contribution in [2.45, 2.75) is 286 Å². The van der Waals surface area contributed by atoms with Crippen molar-refractivity contribution in [3.63, 3.8) is 0 Å². The molecule has 6 aliphatic rings. The minimum absolute atomic E-state index is 0.0552. The van der Waals surface area contributed by atoms with Crippen LogP contribution in [0.25, 0.3) is 0 Å². The number of hydrogen-bond donors (Lipinski definition) is 0. The van der Waals surface area contributed by atoms with E-state index in [9.17, 15) is 9.59 Å². The quantitative estimate of drug-likeness (QED) is 0.0344. The van der Waals surface area contributed by atoms with Crippen LogP contribution in [0.5, 0.6) is 0 Å². The van der Waals surface area contributed by atoms with E-state index >= 15 is 14.4 Å². The maximum atomic E-state index is 16.2. The molecule has 4 unspecified atom stereocenters. The first-order chi connectivity index (χ1) is 46.2. The predicted octanol–water partition coefficient (Wildman–Crippen LogP) is 19.5. The van der Waals surface area contributed by atoms with E-state index in [-0.39, 0.29) is 65.5 Å². The number of amides is 4. The van der Waals surface area contributed by atoms with E-state index < -0.39 is 91.2 Å². The van der Waals surface area contributed by atoms with Crippen LogP contribution >= 0.6 is 0 Å². The molecule has 0 aromatic heterocycles. The molecule has 15 nitrogen and oxygen atoms in total. The van der Waals surface area contributed by atoms with Gasteiger partial charge in [0.25, 0.3) is 11.8 Å². The first-order valence-electron chi connectivity index (χ1n) is 37.9. The van der Waals surface area contributed by atoms with Crippen molar-refractivity contribution in [2.24, 2.45) is 22.7 Å². The lowest BCUT2D eigenvalue weighted by Crippen LogP contribution is -2.64. The highest BCUT2D eigenvalue weighted by Gasteiger charge is 2.54. The number of anilines is 2. The molecule has 0 spiro atoms. The summed E-state index contributed by atoms with van der Waals surface area (Å²) in [6, 6.07) is 18.1. The number of imide groups is 2. The summed E-state index contributed by atoms with van der Waals surface area (Å²) in [7, 11) is -14.1. The zero-order valence-corrected chi connectivity index (χ0v) is 72.2. The lowest BCUT2D eigenvalue weighted by molar-refractivity contribution is -0.142. The minimum Gasteiger partial charge on any atom is -0.464 e. The summed E-state index contributed by atoms with van der Waals surface area (Å²) in [4.78, 5) is 83.5. The van der Waals surface area contributed by atoms with Crippen LogP contribution in [0.3, 0.4) is 0 Å². The number of carbonyl (C=O) groups is 5. The van der Waals surface area contributed by atoms with E-state index in [1.807, 2.05) is 12.1 Å². The molecule has 21 heteroatoms. The van der Waals surface area contributed by atoms with Crippen molar-refractivity contribution in [1.82, 2.24) is 9.80 Å². The molecule has 3 saturated carbocycles. The lowest BCUT2D eigenvalue weighted by atomic mass is 9.69. The van der Waals surface area contributed by atoms with Crippen LogP contribution in [0.15, 0.2) is 107 Å². The van der Waals surface area contributed by atoms with Crippen LogP contribution in [0, 0.1) is 22.7 Å². The number of rotatable bonds is 28. The van der Waals surface area contributed by atoms with Gasteiger partial charge in [-0.05, 0) is 217 Å². The average Bonchev–Trinajstić information content (AvgIpc) is 1.23. The van der Waals surface area contributed by atoms with Gasteiger partial charge < -0.3 is 35.7 Å². The van der Waals surface area contributed by atoms with Crippen molar-refractivity contribution in [3.8, 4) is 0 Å². The number of barbiturate groups is 1. The molecule has 0 N–H and O–H groups in total. The van der Waals surface area contributed by atoms with Gasteiger partial charge in [-0.15, -0.1) is 0 Å². The van der Waals surface area contributed by atoms with Gasteiger partial charge in [0.2, 0.25) is 0 Å². The molecular weight excluding hydrogens is 1350 g/mol. The molecule has 2 aromatic carbocycles. The Balaban J connectivity index is 1.19. The number of hydrogen-bond acceptors (Lipinski definition) is 13. The Morgan fingerprint density at radius 3 is 1.19 bits per heavy atom. The van der Waals surface area contributed by atoms with Gasteiger partial charge in [0.05, 0.1) is 25.2 Å². The second kappa shape index (κ2) is 31.2. The molecular formula is C79H128N4O11Si6. The Bertz CT molecular complexity index is 3300. The molecule has 554 valence electrons. The zero-order valence-electron chi connectivity index (χ0n) is 66.2. The maximum Gasteiger partial charge on any atom is 0.334 e.